The van der Waals surface area contributed by atoms with Gasteiger partial charge < -0.3 is 15.0 Å². The first-order valence-corrected chi connectivity index (χ1v) is 7.54. The van der Waals surface area contributed by atoms with Crippen LogP contribution in [-0.2, 0) is 4.79 Å². The van der Waals surface area contributed by atoms with Gasteiger partial charge in [-0.25, -0.2) is 0 Å². The zero-order valence-electron chi connectivity index (χ0n) is 12.2. The van der Waals surface area contributed by atoms with E-state index in [2.05, 4.69) is 5.32 Å². The normalized spacial score (nSPS) is 23.9. The molecule has 118 valence electrons. The Bertz CT molecular complexity index is 546. The van der Waals surface area contributed by atoms with Gasteiger partial charge in [0.2, 0.25) is 0 Å². The number of nitro groups is 1. The van der Waals surface area contributed by atoms with Gasteiger partial charge in [0, 0.05) is 30.8 Å². The SMILES string of the molecule is O=C(COc1ccc([N+](=O)[O-])cc1)N1C2CCNCC1CC2. The van der Waals surface area contributed by atoms with Gasteiger partial charge in [-0.2, -0.15) is 0 Å². The Morgan fingerprint density at radius 2 is 2.00 bits per heavy atom. The third-order valence-electron chi connectivity index (χ3n) is 4.35. The number of nitrogens with zero attached hydrogens (tertiary/aromatic N) is 2. The number of nitro benzene ring substituents is 1. The lowest BCUT2D eigenvalue weighted by Crippen LogP contribution is -2.44. The van der Waals surface area contributed by atoms with E-state index in [1.54, 1.807) is 0 Å². The number of carbonyl (C=O) groups excluding carboxylic acids is 1. The fourth-order valence-electron chi connectivity index (χ4n) is 3.27. The van der Waals surface area contributed by atoms with Crippen molar-refractivity contribution in [3.05, 3.63) is 34.4 Å². The zero-order valence-corrected chi connectivity index (χ0v) is 12.2. The van der Waals surface area contributed by atoms with Crippen molar-refractivity contribution in [1.82, 2.24) is 10.2 Å². The van der Waals surface area contributed by atoms with Crippen LogP contribution in [0.3, 0.4) is 0 Å². The molecule has 0 radical (unpaired) electrons. The van der Waals surface area contributed by atoms with E-state index < -0.39 is 4.92 Å². The molecular weight excluding hydrogens is 286 g/mol. The quantitative estimate of drug-likeness (QED) is 0.670. The first-order chi connectivity index (χ1) is 10.6. The second kappa shape index (κ2) is 6.31. The number of ether oxygens (including phenoxy) is 1. The average molecular weight is 305 g/mol. The van der Waals surface area contributed by atoms with Crippen LogP contribution in [0.1, 0.15) is 19.3 Å². The molecule has 2 unspecified atom stereocenters. The average Bonchev–Trinajstić information content (AvgIpc) is 2.78. The fourth-order valence-corrected chi connectivity index (χ4v) is 3.27. The van der Waals surface area contributed by atoms with Crippen LogP contribution in [0.15, 0.2) is 24.3 Å². The zero-order chi connectivity index (χ0) is 15.5. The molecule has 3 rings (SSSR count). The summed E-state index contributed by atoms with van der Waals surface area (Å²) in [6, 6.07) is 6.36. The van der Waals surface area contributed by atoms with Gasteiger partial charge in [0.05, 0.1) is 4.92 Å². The molecule has 7 nitrogen and oxygen atoms in total. The highest BCUT2D eigenvalue weighted by Gasteiger charge is 2.37. The summed E-state index contributed by atoms with van der Waals surface area (Å²) in [5.41, 5.74) is 0.00955. The molecule has 2 aliphatic heterocycles. The first-order valence-electron chi connectivity index (χ1n) is 7.54. The summed E-state index contributed by atoms with van der Waals surface area (Å²) in [5.74, 6) is 0.466. The Morgan fingerprint density at radius 3 is 2.73 bits per heavy atom. The molecule has 0 saturated carbocycles. The Labute approximate surface area is 128 Å². The van der Waals surface area contributed by atoms with Gasteiger partial charge in [0.25, 0.3) is 11.6 Å². The Hall–Kier alpha value is -2.15. The van der Waals surface area contributed by atoms with E-state index in [0.29, 0.717) is 11.8 Å². The predicted molar refractivity (Wildman–Crippen MR) is 79.7 cm³/mol. The molecule has 2 atom stereocenters. The van der Waals surface area contributed by atoms with Crippen molar-refractivity contribution in [3.63, 3.8) is 0 Å². The van der Waals surface area contributed by atoms with Gasteiger partial charge in [-0.05, 0) is 37.9 Å². The van der Waals surface area contributed by atoms with Gasteiger partial charge >= 0.3 is 0 Å². The molecule has 2 saturated heterocycles. The maximum atomic E-state index is 12.4. The maximum Gasteiger partial charge on any atom is 0.269 e. The third-order valence-corrected chi connectivity index (χ3v) is 4.35. The van der Waals surface area contributed by atoms with Crippen LogP contribution in [0.4, 0.5) is 5.69 Å². The Balaban J connectivity index is 1.59. The van der Waals surface area contributed by atoms with Gasteiger partial charge in [-0.15, -0.1) is 0 Å². The number of carbonyl (C=O) groups is 1. The van der Waals surface area contributed by atoms with Crippen molar-refractivity contribution in [2.75, 3.05) is 19.7 Å². The second-order valence-corrected chi connectivity index (χ2v) is 5.72. The van der Waals surface area contributed by atoms with E-state index >= 15 is 0 Å². The molecule has 2 heterocycles. The van der Waals surface area contributed by atoms with Gasteiger partial charge in [0.15, 0.2) is 6.61 Å². The summed E-state index contributed by atoms with van der Waals surface area (Å²) in [4.78, 5) is 24.5. The summed E-state index contributed by atoms with van der Waals surface area (Å²) in [7, 11) is 0. The van der Waals surface area contributed by atoms with Crippen molar-refractivity contribution in [2.24, 2.45) is 0 Å². The number of rotatable bonds is 4. The van der Waals surface area contributed by atoms with Crippen LogP contribution in [0.25, 0.3) is 0 Å². The highest BCUT2D eigenvalue weighted by atomic mass is 16.6. The third kappa shape index (κ3) is 3.04. The molecule has 2 fully saturated rings. The molecule has 1 N–H and O–H groups in total. The highest BCUT2D eigenvalue weighted by Crippen LogP contribution is 2.28. The monoisotopic (exact) mass is 305 g/mol. The molecule has 22 heavy (non-hydrogen) atoms. The number of amides is 1. The lowest BCUT2D eigenvalue weighted by molar-refractivity contribution is -0.384. The minimum absolute atomic E-state index is 0.00504. The molecule has 0 spiro atoms. The maximum absolute atomic E-state index is 12.4. The summed E-state index contributed by atoms with van der Waals surface area (Å²) < 4.78 is 5.49. The van der Waals surface area contributed by atoms with Crippen LogP contribution in [0.5, 0.6) is 5.75 Å². The number of nitrogens with one attached hydrogen (secondary N) is 1. The molecule has 2 bridgehead atoms. The van der Waals surface area contributed by atoms with E-state index in [4.69, 9.17) is 4.74 Å². The largest absolute Gasteiger partial charge is 0.484 e. The minimum Gasteiger partial charge on any atom is -0.484 e. The number of hydrogen-bond donors (Lipinski definition) is 1. The smallest absolute Gasteiger partial charge is 0.269 e. The van der Waals surface area contributed by atoms with Crippen molar-refractivity contribution in [2.45, 2.75) is 31.3 Å². The Morgan fingerprint density at radius 1 is 1.27 bits per heavy atom. The molecule has 7 heteroatoms. The fraction of sp³-hybridized carbons (Fsp3) is 0.533. The van der Waals surface area contributed by atoms with Crippen LogP contribution < -0.4 is 10.1 Å². The lowest BCUT2D eigenvalue weighted by atomic mass is 10.1. The molecule has 0 aromatic heterocycles. The van der Waals surface area contributed by atoms with Crippen molar-refractivity contribution >= 4 is 11.6 Å². The summed E-state index contributed by atoms with van der Waals surface area (Å²) in [6.45, 7) is 1.78. The lowest BCUT2D eigenvalue weighted by Gasteiger charge is -2.27. The van der Waals surface area contributed by atoms with Crippen LogP contribution in [0.2, 0.25) is 0 Å². The van der Waals surface area contributed by atoms with Gasteiger partial charge in [0.1, 0.15) is 5.75 Å². The van der Waals surface area contributed by atoms with E-state index in [1.165, 1.54) is 24.3 Å². The molecular formula is C15H19N3O4. The molecule has 1 amide bonds. The van der Waals surface area contributed by atoms with Crippen LogP contribution >= 0.6 is 0 Å². The van der Waals surface area contributed by atoms with E-state index in [9.17, 15) is 14.9 Å². The number of hydrogen-bond acceptors (Lipinski definition) is 5. The van der Waals surface area contributed by atoms with E-state index in [-0.39, 0.29) is 24.2 Å². The minimum atomic E-state index is -0.461. The molecule has 1 aromatic rings. The van der Waals surface area contributed by atoms with Gasteiger partial charge in [-0.3, -0.25) is 14.9 Å². The van der Waals surface area contributed by atoms with Crippen molar-refractivity contribution < 1.29 is 14.5 Å². The number of benzene rings is 1. The van der Waals surface area contributed by atoms with Crippen LogP contribution in [-0.4, -0.2) is 47.5 Å². The van der Waals surface area contributed by atoms with Crippen molar-refractivity contribution in [1.29, 1.82) is 0 Å². The molecule has 0 aliphatic carbocycles. The summed E-state index contributed by atoms with van der Waals surface area (Å²) in [6.07, 6.45) is 3.09. The summed E-state index contributed by atoms with van der Waals surface area (Å²) >= 11 is 0. The standard InChI is InChI=1S/C15H19N3O4/c19-15(17-11-1-2-13(17)9-16-8-7-11)10-22-14-5-3-12(4-6-14)18(20)21/h3-6,11,13,16H,1-2,7-10H2. The van der Waals surface area contributed by atoms with E-state index in [0.717, 1.165) is 32.4 Å². The van der Waals surface area contributed by atoms with E-state index in [1.807, 2.05) is 4.90 Å². The van der Waals surface area contributed by atoms with Crippen LogP contribution in [0, 0.1) is 10.1 Å². The number of fused-ring (bicyclic) bond motifs is 2. The van der Waals surface area contributed by atoms with Crippen molar-refractivity contribution in [3.8, 4) is 5.75 Å². The first kappa shape index (κ1) is 14.8. The molecule has 1 aromatic carbocycles. The molecule has 2 aliphatic rings. The van der Waals surface area contributed by atoms with Gasteiger partial charge in [-0.1, -0.05) is 0 Å². The predicted octanol–water partition coefficient (Wildman–Crippen LogP) is 1.33. The summed E-state index contributed by atoms with van der Waals surface area (Å²) in [5, 5.41) is 14.0. The number of non-ortho nitro benzene ring substituents is 1. The second-order valence-electron chi connectivity index (χ2n) is 5.72. The topological polar surface area (TPSA) is 84.7 Å². The highest BCUT2D eigenvalue weighted by molar-refractivity contribution is 5.79. The Kier molecular flexibility index (Phi) is 4.24.